The Morgan fingerprint density at radius 3 is 2.85 bits per heavy atom. The van der Waals surface area contributed by atoms with Crippen molar-refractivity contribution < 1.29 is 18.7 Å². The lowest BCUT2D eigenvalue weighted by molar-refractivity contribution is -0.121. The third-order valence-corrected chi connectivity index (χ3v) is 7.53. The Morgan fingerprint density at radius 2 is 2.12 bits per heavy atom. The van der Waals surface area contributed by atoms with Gasteiger partial charge in [0, 0.05) is 23.7 Å². The van der Waals surface area contributed by atoms with E-state index in [-0.39, 0.29) is 29.8 Å². The Balaban J connectivity index is 1.07. The summed E-state index contributed by atoms with van der Waals surface area (Å²) < 4.78 is 27.1. The molecule has 172 valence electrons. The zero-order valence-corrected chi connectivity index (χ0v) is 18.5. The van der Waals surface area contributed by atoms with E-state index in [1.54, 1.807) is 24.5 Å². The number of hydrogen-bond donors (Lipinski definition) is 1. The van der Waals surface area contributed by atoms with Gasteiger partial charge in [0.25, 0.3) is 0 Å². The van der Waals surface area contributed by atoms with Gasteiger partial charge in [-0.1, -0.05) is 6.92 Å². The van der Waals surface area contributed by atoms with Gasteiger partial charge in [-0.15, -0.1) is 0 Å². The third kappa shape index (κ3) is 3.76. The first kappa shape index (κ1) is 20.6. The molecule has 1 aromatic carbocycles. The largest absolute Gasteiger partial charge is 0.490 e. The second-order valence-electron chi connectivity index (χ2n) is 9.49. The zero-order valence-electron chi connectivity index (χ0n) is 18.5. The molecule has 0 spiro atoms. The molecule has 1 aliphatic heterocycles. The van der Waals surface area contributed by atoms with Crippen LogP contribution in [0.2, 0.25) is 0 Å². The molecule has 2 saturated carbocycles. The van der Waals surface area contributed by atoms with Crippen LogP contribution in [-0.4, -0.2) is 40.0 Å². The fraction of sp³-hybridized carbons (Fsp3) is 0.480. The van der Waals surface area contributed by atoms with E-state index < -0.39 is 0 Å². The number of aromatic nitrogens is 3. The average molecular weight is 451 g/mol. The Hall–Kier alpha value is -3.00. The van der Waals surface area contributed by atoms with Crippen molar-refractivity contribution in [2.24, 2.45) is 23.7 Å². The number of amides is 1. The van der Waals surface area contributed by atoms with Crippen LogP contribution in [0.1, 0.15) is 32.2 Å². The number of nitrogens with one attached hydrogen (secondary N) is 1. The molecule has 1 amide bonds. The molecule has 3 unspecified atom stereocenters. The monoisotopic (exact) mass is 450 g/mol. The fourth-order valence-corrected chi connectivity index (χ4v) is 5.76. The van der Waals surface area contributed by atoms with Crippen molar-refractivity contribution >= 4 is 22.5 Å². The molecule has 2 aromatic heterocycles. The first-order valence-corrected chi connectivity index (χ1v) is 11.7. The minimum Gasteiger partial charge on any atom is -0.490 e. The fourth-order valence-electron chi connectivity index (χ4n) is 5.76. The normalized spacial score (nSPS) is 27.1. The summed E-state index contributed by atoms with van der Waals surface area (Å²) in [4.78, 5) is 17.3. The molecule has 3 fully saturated rings. The highest BCUT2D eigenvalue weighted by atomic mass is 19.1. The van der Waals surface area contributed by atoms with Gasteiger partial charge in [-0.25, -0.2) is 4.39 Å². The van der Waals surface area contributed by atoms with Crippen LogP contribution in [0, 0.1) is 29.5 Å². The van der Waals surface area contributed by atoms with Gasteiger partial charge in [0.15, 0.2) is 0 Å². The van der Waals surface area contributed by atoms with Crippen molar-refractivity contribution in [2.45, 2.75) is 38.3 Å². The first-order chi connectivity index (χ1) is 16.1. The van der Waals surface area contributed by atoms with Gasteiger partial charge in [0.2, 0.25) is 5.91 Å². The van der Waals surface area contributed by atoms with Crippen molar-refractivity contribution in [1.82, 2.24) is 14.8 Å². The zero-order chi connectivity index (χ0) is 22.5. The van der Waals surface area contributed by atoms with Crippen molar-refractivity contribution in [2.75, 3.05) is 18.5 Å². The number of halogens is 1. The number of carbonyl (C=O) groups is 1. The first-order valence-electron chi connectivity index (χ1n) is 11.7. The molecule has 8 heteroatoms. The SMILES string of the molecule is CCC(C(=O)Nc1cnn(C2COC2)c1)C1[C@H]2CC(Oc3ccnc4ccc(F)cc34)C[C@@H]12. The number of pyridine rings is 1. The van der Waals surface area contributed by atoms with E-state index in [9.17, 15) is 9.18 Å². The number of ether oxygens (including phenoxy) is 2. The predicted octanol–water partition coefficient (Wildman–Crippen LogP) is 4.21. The minimum atomic E-state index is -0.293. The Morgan fingerprint density at radius 1 is 1.30 bits per heavy atom. The van der Waals surface area contributed by atoms with Crippen LogP contribution in [0.4, 0.5) is 10.1 Å². The van der Waals surface area contributed by atoms with Gasteiger partial charge in [-0.2, -0.15) is 5.10 Å². The molecule has 2 aliphatic carbocycles. The van der Waals surface area contributed by atoms with Crippen molar-refractivity contribution in [3.8, 4) is 5.75 Å². The lowest BCUT2D eigenvalue weighted by atomic mass is 9.93. The van der Waals surface area contributed by atoms with Crippen molar-refractivity contribution in [1.29, 1.82) is 0 Å². The summed E-state index contributed by atoms with van der Waals surface area (Å²) in [6, 6.07) is 6.64. The molecule has 0 radical (unpaired) electrons. The van der Waals surface area contributed by atoms with E-state index in [4.69, 9.17) is 9.47 Å². The minimum absolute atomic E-state index is 0.00723. The summed E-state index contributed by atoms with van der Waals surface area (Å²) in [7, 11) is 0. The van der Waals surface area contributed by atoms with Crippen molar-refractivity contribution in [3.63, 3.8) is 0 Å². The summed E-state index contributed by atoms with van der Waals surface area (Å²) in [5, 5.41) is 8.12. The third-order valence-electron chi connectivity index (χ3n) is 7.53. The van der Waals surface area contributed by atoms with Gasteiger partial charge in [0.1, 0.15) is 11.6 Å². The van der Waals surface area contributed by atoms with Crippen LogP contribution in [0.3, 0.4) is 0 Å². The molecule has 0 bridgehead atoms. The topological polar surface area (TPSA) is 78.3 Å². The molecule has 7 nitrogen and oxygen atoms in total. The highest BCUT2D eigenvalue weighted by Gasteiger charge is 2.60. The summed E-state index contributed by atoms with van der Waals surface area (Å²) in [5.74, 6) is 1.87. The van der Waals surface area contributed by atoms with Gasteiger partial charge >= 0.3 is 0 Å². The highest BCUT2D eigenvalue weighted by molar-refractivity contribution is 5.92. The molecular formula is C25H27FN4O3. The Kier molecular flexibility index (Phi) is 5.05. The molecule has 3 heterocycles. The summed E-state index contributed by atoms with van der Waals surface area (Å²) in [6.45, 7) is 3.43. The van der Waals surface area contributed by atoms with E-state index in [0.29, 0.717) is 42.1 Å². The maximum absolute atomic E-state index is 13.7. The molecule has 5 atom stereocenters. The number of benzene rings is 1. The van der Waals surface area contributed by atoms with Gasteiger partial charge < -0.3 is 14.8 Å². The van der Waals surface area contributed by atoms with Gasteiger partial charge in [-0.05, 0) is 61.3 Å². The van der Waals surface area contributed by atoms with Crippen LogP contribution in [-0.2, 0) is 9.53 Å². The predicted molar refractivity (Wildman–Crippen MR) is 120 cm³/mol. The number of anilines is 1. The van der Waals surface area contributed by atoms with Crippen LogP contribution < -0.4 is 10.1 Å². The second kappa shape index (κ2) is 8.09. The van der Waals surface area contributed by atoms with Crippen LogP contribution in [0.15, 0.2) is 42.9 Å². The number of carbonyl (C=O) groups excluding carboxylic acids is 1. The number of rotatable bonds is 7. The summed E-state index contributed by atoms with van der Waals surface area (Å²) >= 11 is 0. The Bertz CT molecular complexity index is 1180. The summed E-state index contributed by atoms with van der Waals surface area (Å²) in [5.41, 5.74) is 1.47. The molecule has 3 aliphatic rings. The number of fused-ring (bicyclic) bond motifs is 2. The van der Waals surface area contributed by atoms with E-state index in [1.807, 2.05) is 10.9 Å². The van der Waals surface area contributed by atoms with E-state index >= 15 is 0 Å². The van der Waals surface area contributed by atoms with Gasteiger partial charge in [-0.3, -0.25) is 14.5 Å². The molecule has 6 rings (SSSR count). The highest BCUT2D eigenvalue weighted by Crippen LogP contribution is 2.62. The van der Waals surface area contributed by atoms with Crippen LogP contribution in [0.5, 0.6) is 5.75 Å². The standard InChI is InChI=1S/C25H27FN4O3/c1-2-18(25(31)29-15-10-28-30(11-15)16-12-32-13-16)24-19-8-17(9-20(19)24)33-23-5-6-27-22-4-3-14(26)7-21(22)23/h3-7,10-11,16-20,24H,2,8-9,12-13H2,1H3,(H,29,31)/t17?,18?,19-,20+,24?. The molecule has 33 heavy (non-hydrogen) atoms. The van der Waals surface area contributed by atoms with Crippen LogP contribution >= 0.6 is 0 Å². The number of nitrogens with zero attached hydrogens (tertiary/aromatic N) is 3. The second-order valence-corrected chi connectivity index (χ2v) is 9.49. The quantitative estimate of drug-likeness (QED) is 0.583. The maximum atomic E-state index is 13.7. The molecule has 1 saturated heterocycles. The van der Waals surface area contributed by atoms with Crippen LogP contribution in [0.25, 0.3) is 10.9 Å². The number of hydrogen-bond acceptors (Lipinski definition) is 5. The smallest absolute Gasteiger partial charge is 0.227 e. The van der Waals surface area contributed by atoms with E-state index in [0.717, 1.165) is 30.5 Å². The lowest BCUT2D eigenvalue weighted by Crippen LogP contribution is -2.31. The summed E-state index contributed by atoms with van der Waals surface area (Å²) in [6.07, 6.45) is 8.06. The Labute approximate surface area is 191 Å². The van der Waals surface area contributed by atoms with Crippen molar-refractivity contribution in [3.05, 3.63) is 48.7 Å². The lowest BCUT2D eigenvalue weighted by Gasteiger charge is -2.25. The maximum Gasteiger partial charge on any atom is 0.227 e. The van der Waals surface area contributed by atoms with E-state index in [2.05, 4.69) is 22.3 Å². The molecule has 1 N–H and O–H groups in total. The molecule has 3 aromatic rings. The van der Waals surface area contributed by atoms with E-state index in [1.165, 1.54) is 12.1 Å². The average Bonchev–Trinajstić information content (AvgIpc) is 3.09. The van der Waals surface area contributed by atoms with Gasteiger partial charge in [0.05, 0.1) is 42.8 Å². The molecular weight excluding hydrogens is 423 g/mol.